The van der Waals surface area contributed by atoms with Crippen LogP contribution in [0.1, 0.15) is 42.1 Å². The summed E-state index contributed by atoms with van der Waals surface area (Å²) >= 11 is 12.3. The highest BCUT2D eigenvalue weighted by Gasteiger charge is 2.47. The van der Waals surface area contributed by atoms with Crippen molar-refractivity contribution < 1.29 is 23.7 Å². The lowest BCUT2D eigenvalue weighted by Gasteiger charge is -2.16. The normalized spacial score (nSPS) is 13.8. The Morgan fingerprint density at radius 3 is 2.38 bits per heavy atom. The highest BCUT2D eigenvalue weighted by Crippen LogP contribution is 2.40. The first kappa shape index (κ1) is 26.6. The number of nitrogens with zero attached hydrogens (tertiary/aromatic N) is 4. The molecule has 2 aromatic carbocycles. The molecule has 198 valence electrons. The first-order valence-corrected chi connectivity index (χ1v) is 12.9. The molecule has 0 aliphatic carbocycles. The fourth-order valence-corrected chi connectivity index (χ4v) is 4.82. The van der Waals surface area contributed by atoms with Crippen molar-refractivity contribution in [1.82, 2.24) is 14.7 Å². The van der Waals surface area contributed by atoms with Gasteiger partial charge in [0.05, 0.1) is 28.0 Å². The van der Waals surface area contributed by atoms with Gasteiger partial charge < -0.3 is 5.11 Å². The number of imide groups is 1. The molecule has 2 amide bonds. The zero-order chi connectivity index (χ0) is 28.0. The van der Waals surface area contributed by atoms with Gasteiger partial charge in [0.1, 0.15) is 11.4 Å². The van der Waals surface area contributed by atoms with Crippen LogP contribution in [0.15, 0.2) is 67.0 Å². The molecule has 0 bridgehead atoms. The second-order valence-electron chi connectivity index (χ2n) is 9.57. The Bertz CT molecular complexity index is 1660. The topological polar surface area (TPSA) is 82.1 Å². The van der Waals surface area contributed by atoms with Crippen molar-refractivity contribution in [3.8, 4) is 11.6 Å². The summed E-state index contributed by atoms with van der Waals surface area (Å²) in [4.78, 5) is 28.9. The minimum absolute atomic E-state index is 0.0403. The summed E-state index contributed by atoms with van der Waals surface area (Å²) in [7, 11) is 0. The van der Waals surface area contributed by atoms with E-state index in [1.807, 2.05) is 26.8 Å². The lowest BCUT2D eigenvalue weighted by atomic mass is 9.98. The van der Waals surface area contributed by atoms with E-state index in [0.29, 0.717) is 22.0 Å². The van der Waals surface area contributed by atoms with Gasteiger partial charge in [0.2, 0.25) is 0 Å². The summed E-state index contributed by atoms with van der Waals surface area (Å²) in [5.41, 5.74) is 2.17. The Balaban J connectivity index is 1.73. The predicted octanol–water partition coefficient (Wildman–Crippen LogP) is 5.05. The van der Waals surface area contributed by atoms with Crippen LogP contribution < -0.4 is 9.67 Å². The van der Waals surface area contributed by atoms with Crippen molar-refractivity contribution in [2.75, 3.05) is 0 Å². The molecule has 1 aliphatic heterocycles. The van der Waals surface area contributed by atoms with Gasteiger partial charge in [0, 0.05) is 17.2 Å². The molecule has 2 aromatic heterocycles. The molecule has 0 atom stereocenters. The van der Waals surface area contributed by atoms with Crippen molar-refractivity contribution in [2.24, 2.45) is 0 Å². The maximum absolute atomic E-state index is 14.0. The molecule has 1 aliphatic rings. The quantitative estimate of drug-likeness (QED) is 0.242. The first-order valence-electron chi connectivity index (χ1n) is 12.2. The Labute approximate surface area is 234 Å². The summed E-state index contributed by atoms with van der Waals surface area (Å²) in [6.45, 7) is 5.46. The number of halogens is 3. The van der Waals surface area contributed by atoms with Gasteiger partial charge in [-0.1, -0.05) is 49.2 Å². The minimum Gasteiger partial charge on any atom is -0.858 e. The summed E-state index contributed by atoms with van der Waals surface area (Å²) in [5.74, 6) is -2.48. The molecular formula is C29H23Cl2FN4O3. The summed E-state index contributed by atoms with van der Waals surface area (Å²) in [6, 6.07) is 13.8. The van der Waals surface area contributed by atoms with Crippen LogP contribution in [-0.4, -0.2) is 26.5 Å². The molecular weight excluding hydrogens is 542 g/mol. The lowest BCUT2D eigenvalue weighted by molar-refractivity contribution is -0.577. The van der Waals surface area contributed by atoms with Gasteiger partial charge in [-0.3, -0.25) is 14.5 Å². The molecule has 0 saturated carbocycles. The largest absolute Gasteiger partial charge is 0.858 e. The number of aryl methyl sites for hydroxylation is 1. The fraction of sp³-hybridized carbons (Fsp3) is 0.172. The molecule has 0 unspecified atom stereocenters. The second kappa shape index (κ2) is 10.3. The third-order valence-corrected chi connectivity index (χ3v) is 7.16. The Hall–Kier alpha value is -4.01. The van der Waals surface area contributed by atoms with Crippen LogP contribution in [-0.2, 0) is 16.1 Å². The number of benzene rings is 2. The highest BCUT2D eigenvalue weighted by molar-refractivity contribution is 6.45. The highest BCUT2D eigenvalue weighted by atomic mass is 35.5. The van der Waals surface area contributed by atoms with Crippen molar-refractivity contribution >= 4 is 46.3 Å². The summed E-state index contributed by atoms with van der Waals surface area (Å²) in [5, 5.41) is 19.0. The molecule has 5 rings (SSSR count). The zero-order valence-electron chi connectivity index (χ0n) is 21.3. The van der Waals surface area contributed by atoms with Crippen LogP contribution in [0.5, 0.6) is 5.88 Å². The van der Waals surface area contributed by atoms with Crippen molar-refractivity contribution in [3.63, 3.8) is 0 Å². The van der Waals surface area contributed by atoms with Crippen LogP contribution in [0.3, 0.4) is 0 Å². The van der Waals surface area contributed by atoms with Gasteiger partial charge in [0.25, 0.3) is 11.6 Å². The van der Waals surface area contributed by atoms with Gasteiger partial charge in [-0.15, -0.1) is 0 Å². The lowest BCUT2D eigenvalue weighted by Crippen LogP contribution is -2.39. The molecule has 0 saturated heterocycles. The third kappa shape index (κ3) is 4.82. The number of pyridine rings is 1. The molecule has 0 radical (unpaired) electrons. The number of carbonyl (C=O) groups excluding carboxylic acids is 2. The summed E-state index contributed by atoms with van der Waals surface area (Å²) in [6.07, 6.45) is 3.36. The number of hydrogen-bond donors (Lipinski definition) is 0. The molecule has 4 aromatic rings. The molecule has 0 fully saturated rings. The first-order chi connectivity index (χ1) is 18.6. The van der Waals surface area contributed by atoms with Crippen LogP contribution in [0, 0.1) is 12.7 Å². The van der Waals surface area contributed by atoms with E-state index in [1.54, 1.807) is 35.2 Å². The molecule has 3 heterocycles. The van der Waals surface area contributed by atoms with E-state index < -0.39 is 23.5 Å². The zero-order valence-corrected chi connectivity index (χ0v) is 22.8. The van der Waals surface area contributed by atoms with E-state index in [4.69, 9.17) is 23.2 Å². The fourth-order valence-electron chi connectivity index (χ4n) is 4.53. The van der Waals surface area contributed by atoms with E-state index in [2.05, 4.69) is 5.10 Å². The van der Waals surface area contributed by atoms with Gasteiger partial charge in [-0.25, -0.2) is 9.07 Å². The number of amides is 2. The molecule has 39 heavy (non-hydrogen) atoms. The van der Waals surface area contributed by atoms with Crippen molar-refractivity contribution in [1.29, 1.82) is 0 Å². The second-order valence-corrected chi connectivity index (χ2v) is 10.4. The molecule has 7 nitrogen and oxygen atoms in total. The van der Waals surface area contributed by atoms with Gasteiger partial charge >= 0.3 is 5.91 Å². The number of hydrogen-bond acceptors (Lipinski definition) is 4. The van der Waals surface area contributed by atoms with Crippen LogP contribution in [0.4, 0.5) is 4.39 Å². The Kier molecular flexibility index (Phi) is 7.01. The minimum atomic E-state index is -0.638. The summed E-state index contributed by atoms with van der Waals surface area (Å²) < 4.78 is 16.2. The van der Waals surface area contributed by atoms with E-state index in [0.717, 1.165) is 10.5 Å². The number of carbonyl (C=O) groups is 2. The maximum Gasteiger partial charge on any atom is 0.327 e. The standard InChI is InChI=1S/C29H23Cl2FN4O3/c1-16(2)25-23(28(38)36(33-25)20-10-11-21(30)22(31)13-20)24-26(34-12-4-5-17(3)14-34)29(39)35(27(24)37)15-18-6-8-19(32)9-7-18/h4-14,16H,15H2,1-3H3. The van der Waals surface area contributed by atoms with E-state index in [-0.39, 0.29) is 34.3 Å². The number of aromatic nitrogens is 3. The average molecular weight is 565 g/mol. The van der Waals surface area contributed by atoms with Crippen molar-refractivity contribution in [3.05, 3.63) is 105 Å². The van der Waals surface area contributed by atoms with Crippen LogP contribution in [0.2, 0.25) is 10.0 Å². The Morgan fingerprint density at radius 1 is 1.03 bits per heavy atom. The van der Waals surface area contributed by atoms with Gasteiger partial charge in [0.15, 0.2) is 12.4 Å². The van der Waals surface area contributed by atoms with Crippen LogP contribution >= 0.6 is 23.2 Å². The molecule has 10 heteroatoms. The monoisotopic (exact) mass is 564 g/mol. The SMILES string of the molecule is Cc1ccc[n+](C2=C(c3c(C(C)C)nn(-c4ccc(Cl)c(Cl)c4)c3[O-])C(=O)N(Cc3ccc(F)cc3)C2=O)c1. The smallest absolute Gasteiger partial charge is 0.327 e. The maximum atomic E-state index is 14.0. The number of rotatable bonds is 6. The van der Waals surface area contributed by atoms with E-state index in [9.17, 15) is 19.1 Å². The van der Waals surface area contributed by atoms with Gasteiger partial charge in [-0.2, -0.15) is 9.67 Å². The molecule has 0 spiro atoms. The van der Waals surface area contributed by atoms with Crippen molar-refractivity contribution in [2.45, 2.75) is 33.2 Å². The predicted molar refractivity (Wildman–Crippen MR) is 144 cm³/mol. The third-order valence-electron chi connectivity index (χ3n) is 6.42. The van der Waals surface area contributed by atoms with Crippen LogP contribution in [0.25, 0.3) is 17.0 Å². The van der Waals surface area contributed by atoms with E-state index in [1.165, 1.54) is 35.0 Å². The molecule has 0 N–H and O–H groups in total. The van der Waals surface area contributed by atoms with E-state index >= 15 is 0 Å². The Morgan fingerprint density at radius 2 is 1.74 bits per heavy atom. The van der Waals surface area contributed by atoms with Gasteiger partial charge in [-0.05, 0) is 60.7 Å². The average Bonchev–Trinajstić information content (AvgIpc) is 3.35.